The first-order valence-corrected chi connectivity index (χ1v) is 12.7. The molecule has 3 aliphatic rings. The molecule has 1 N–H and O–H groups in total. The lowest BCUT2D eigenvalue weighted by atomic mass is 9.89. The molecule has 5 rings (SSSR count). The van der Waals surface area contributed by atoms with E-state index in [1.165, 1.54) is 18.8 Å². The van der Waals surface area contributed by atoms with Crippen LogP contribution in [0.1, 0.15) is 50.0 Å². The van der Waals surface area contributed by atoms with Gasteiger partial charge in [-0.2, -0.15) is 13.8 Å². The van der Waals surface area contributed by atoms with Crippen molar-refractivity contribution in [1.29, 1.82) is 0 Å². The third-order valence-electron chi connectivity index (χ3n) is 7.80. The number of amides is 1. The number of alkyl halides is 2. The molecule has 0 atom stereocenters. The molecule has 8 nitrogen and oxygen atoms in total. The van der Waals surface area contributed by atoms with Crippen molar-refractivity contribution in [3.05, 3.63) is 30.0 Å². The van der Waals surface area contributed by atoms with Crippen molar-refractivity contribution in [3.8, 4) is 5.75 Å². The zero-order valence-corrected chi connectivity index (χ0v) is 21.1. The molecule has 36 heavy (non-hydrogen) atoms. The number of rotatable bonds is 5. The number of hydrogen-bond acceptors (Lipinski definition) is 7. The number of nitrogens with zero attached hydrogens (tertiary/aromatic N) is 5. The highest BCUT2D eigenvalue weighted by atomic mass is 19.3. The maximum Gasteiger partial charge on any atom is 0.342 e. The number of fused-ring (bicyclic) bond motifs is 1. The summed E-state index contributed by atoms with van der Waals surface area (Å²) >= 11 is 0. The molecule has 2 aliphatic heterocycles. The number of ether oxygens (including phenoxy) is 1. The van der Waals surface area contributed by atoms with Gasteiger partial charge in [0.2, 0.25) is 5.95 Å². The Bertz CT molecular complexity index is 1120. The second-order valence-corrected chi connectivity index (χ2v) is 10.2. The lowest BCUT2D eigenvalue weighted by Gasteiger charge is -2.31. The molecule has 2 fully saturated rings. The Hall–Kier alpha value is -3.01. The molecular weight excluding hydrogens is 466 g/mol. The molecule has 1 amide bonds. The van der Waals surface area contributed by atoms with Crippen molar-refractivity contribution < 1.29 is 18.3 Å². The SMILES string of the molecule is COc1ccc(C2CCN(C)CC2)cc1Nc1ncc2c(n1)N(C1CCCC1)CC(F)(F)C(=O)N2C. The zero-order chi connectivity index (χ0) is 25.4. The van der Waals surface area contributed by atoms with Crippen LogP contribution in [0.15, 0.2) is 24.4 Å². The maximum atomic E-state index is 14.9. The summed E-state index contributed by atoms with van der Waals surface area (Å²) in [6.07, 6.45) is 7.18. The van der Waals surface area contributed by atoms with Gasteiger partial charge in [-0.25, -0.2) is 4.98 Å². The third kappa shape index (κ3) is 4.70. The molecule has 1 aliphatic carbocycles. The Balaban J connectivity index is 1.49. The number of halogens is 2. The van der Waals surface area contributed by atoms with E-state index in [-0.39, 0.29) is 12.0 Å². The summed E-state index contributed by atoms with van der Waals surface area (Å²) in [5.41, 5.74) is 2.24. The Morgan fingerprint density at radius 1 is 1.11 bits per heavy atom. The minimum Gasteiger partial charge on any atom is -0.495 e. The Kier molecular flexibility index (Phi) is 6.72. The lowest BCUT2D eigenvalue weighted by Crippen LogP contribution is -2.48. The molecular formula is C26H34F2N6O2. The van der Waals surface area contributed by atoms with Crippen LogP contribution in [-0.4, -0.2) is 73.6 Å². The molecule has 0 spiro atoms. The minimum atomic E-state index is -3.50. The Labute approximate surface area is 210 Å². The fraction of sp³-hybridized carbons (Fsp3) is 0.577. The molecule has 0 radical (unpaired) electrons. The Morgan fingerprint density at radius 2 is 1.83 bits per heavy atom. The predicted octanol–water partition coefficient (Wildman–Crippen LogP) is 4.40. The molecule has 1 aromatic heterocycles. The van der Waals surface area contributed by atoms with Gasteiger partial charge in [0.05, 0.1) is 25.5 Å². The van der Waals surface area contributed by atoms with Gasteiger partial charge in [-0.05, 0) is 69.4 Å². The smallest absolute Gasteiger partial charge is 0.342 e. The number of anilines is 4. The normalized spacial score (nSPS) is 21.4. The number of aromatic nitrogens is 2. The van der Waals surface area contributed by atoms with Crippen molar-refractivity contribution in [2.45, 2.75) is 56.4 Å². The molecule has 1 saturated heterocycles. The Morgan fingerprint density at radius 3 is 2.53 bits per heavy atom. The average molecular weight is 501 g/mol. The number of nitrogens with one attached hydrogen (secondary N) is 1. The van der Waals surface area contributed by atoms with E-state index in [0.29, 0.717) is 23.2 Å². The van der Waals surface area contributed by atoms with Crippen molar-refractivity contribution in [1.82, 2.24) is 14.9 Å². The predicted molar refractivity (Wildman–Crippen MR) is 136 cm³/mol. The zero-order valence-electron chi connectivity index (χ0n) is 21.1. The van der Waals surface area contributed by atoms with Gasteiger partial charge in [-0.3, -0.25) is 4.79 Å². The quantitative estimate of drug-likeness (QED) is 0.652. The molecule has 10 heteroatoms. The van der Waals surface area contributed by atoms with Gasteiger partial charge in [-0.15, -0.1) is 0 Å². The molecule has 1 saturated carbocycles. The van der Waals surface area contributed by atoms with E-state index in [2.05, 4.69) is 39.4 Å². The first kappa shape index (κ1) is 24.7. The summed E-state index contributed by atoms with van der Waals surface area (Å²) in [6.45, 7) is 1.43. The van der Waals surface area contributed by atoms with Crippen molar-refractivity contribution in [2.75, 3.05) is 56.0 Å². The van der Waals surface area contributed by atoms with Gasteiger partial charge in [0.1, 0.15) is 11.4 Å². The number of carbonyl (C=O) groups is 1. The van der Waals surface area contributed by atoms with Crippen molar-refractivity contribution in [2.24, 2.45) is 0 Å². The first-order chi connectivity index (χ1) is 17.3. The number of carbonyl (C=O) groups excluding carboxylic acids is 1. The monoisotopic (exact) mass is 500 g/mol. The van der Waals surface area contributed by atoms with Crippen LogP contribution in [0.2, 0.25) is 0 Å². The summed E-state index contributed by atoms with van der Waals surface area (Å²) in [5, 5.41) is 3.26. The van der Waals surface area contributed by atoms with Gasteiger partial charge in [0.25, 0.3) is 5.91 Å². The highest BCUT2D eigenvalue weighted by Crippen LogP contribution is 2.40. The number of hydrogen-bond donors (Lipinski definition) is 1. The van der Waals surface area contributed by atoms with Gasteiger partial charge < -0.3 is 24.8 Å². The fourth-order valence-electron chi connectivity index (χ4n) is 5.64. The third-order valence-corrected chi connectivity index (χ3v) is 7.80. The van der Waals surface area contributed by atoms with Gasteiger partial charge in [0, 0.05) is 13.1 Å². The van der Waals surface area contributed by atoms with E-state index in [1.54, 1.807) is 12.0 Å². The number of benzene rings is 1. The molecule has 1 aromatic carbocycles. The largest absolute Gasteiger partial charge is 0.495 e. The summed E-state index contributed by atoms with van der Waals surface area (Å²) < 4.78 is 35.3. The van der Waals surface area contributed by atoms with E-state index >= 15 is 0 Å². The van der Waals surface area contributed by atoms with E-state index in [0.717, 1.165) is 62.2 Å². The lowest BCUT2D eigenvalue weighted by molar-refractivity contribution is -0.140. The molecule has 0 unspecified atom stereocenters. The summed E-state index contributed by atoms with van der Waals surface area (Å²) in [5.74, 6) is -2.99. The first-order valence-electron chi connectivity index (χ1n) is 12.7. The number of methoxy groups -OCH3 is 1. The van der Waals surface area contributed by atoms with Crippen LogP contribution in [0.25, 0.3) is 0 Å². The van der Waals surface area contributed by atoms with E-state index < -0.39 is 18.4 Å². The standard InChI is InChI=1S/C26H34F2N6O2/c1-32-12-10-17(11-13-32)18-8-9-22(36-3)20(14-18)30-25-29-15-21-23(31-25)34(19-6-4-5-7-19)16-26(27,28)24(35)33(21)2/h8-9,14-15,17,19H,4-7,10-13,16H2,1-3H3,(H,29,30,31). The number of likely N-dealkylation sites (tertiary alicyclic amines) is 1. The van der Waals surface area contributed by atoms with Crippen molar-refractivity contribution in [3.63, 3.8) is 0 Å². The molecule has 3 heterocycles. The van der Waals surface area contributed by atoms with E-state index in [4.69, 9.17) is 4.74 Å². The topological polar surface area (TPSA) is 73.8 Å². The minimum absolute atomic E-state index is 0.0843. The van der Waals surface area contributed by atoms with Crippen molar-refractivity contribution >= 4 is 29.0 Å². The molecule has 0 bridgehead atoms. The van der Waals surface area contributed by atoms with Gasteiger partial charge in [-0.1, -0.05) is 18.9 Å². The number of piperidine rings is 1. The van der Waals surface area contributed by atoms with Crippen LogP contribution >= 0.6 is 0 Å². The summed E-state index contributed by atoms with van der Waals surface area (Å²) in [6, 6.07) is 6.03. The molecule has 194 valence electrons. The van der Waals surface area contributed by atoms with E-state index in [9.17, 15) is 13.6 Å². The second-order valence-electron chi connectivity index (χ2n) is 10.2. The van der Waals surface area contributed by atoms with Crippen LogP contribution in [0.4, 0.5) is 31.9 Å². The second kappa shape index (κ2) is 9.80. The van der Waals surface area contributed by atoms with Crippen LogP contribution in [0, 0.1) is 0 Å². The highest BCUT2D eigenvalue weighted by molar-refractivity contribution is 6.02. The van der Waals surface area contributed by atoms with Crippen LogP contribution in [0.5, 0.6) is 5.75 Å². The highest BCUT2D eigenvalue weighted by Gasteiger charge is 2.48. The fourth-order valence-corrected chi connectivity index (χ4v) is 5.64. The van der Waals surface area contributed by atoms with E-state index in [1.807, 2.05) is 6.07 Å². The van der Waals surface area contributed by atoms with Gasteiger partial charge in [0.15, 0.2) is 5.82 Å². The van der Waals surface area contributed by atoms with Crippen LogP contribution in [-0.2, 0) is 4.79 Å². The van der Waals surface area contributed by atoms with Crippen LogP contribution < -0.4 is 19.9 Å². The summed E-state index contributed by atoms with van der Waals surface area (Å²) in [7, 11) is 5.11. The average Bonchev–Trinajstić information content (AvgIpc) is 3.39. The summed E-state index contributed by atoms with van der Waals surface area (Å²) in [4.78, 5) is 26.5. The molecule has 2 aromatic rings. The van der Waals surface area contributed by atoms with Crippen LogP contribution in [0.3, 0.4) is 0 Å². The maximum absolute atomic E-state index is 14.9. The van der Waals surface area contributed by atoms with Gasteiger partial charge >= 0.3 is 5.92 Å².